The Morgan fingerprint density at radius 2 is 1.89 bits per heavy atom. The summed E-state index contributed by atoms with van der Waals surface area (Å²) in [5.74, 6) is 0.104. The fourth-order valence-corrected chi connectivity index (χ4v) is 7.49. The van der Waals surface area contributed by atoms with Gasteiger partial charge in [0.1, 0.15) is 5.60 Å². The minimum atomic E-state index is -0.781. The van der Waals surface area contributed by atoms with Crippen molar-refractivity contribution in [3.8, 4) is 0 Å². The molecule has 6 nitrogen and oxygen atoms in total. The Morgan fingerprint density at radius 1 is 1.18 bits per heavy atom. The first kappa shape index (κ1) is 34.3. The number of halogens is 2. The zero-order valence-electron chi connectivity index (χ0n) is 27.0. The number of hydrogen-bond acceptors (Lipinski definition) is 4. The molecule has 240 valence electrons. The van der Waals surface area contributed by atoms with Crippen LogP contribution in [0.2, 0.25) is 5.02 Å². The molecule has 5 atom stereocenters. The topological polar surface area (TPSA) is 53.1 Å². The third-order valence-electron chi connectivity index (χ3n) is 9.49. The minimum absolute atomic E-state index is 0.00217. The summed E-state index contributed by atoms with van der Waals surface area (Å²) in [6.45, 7) is 21.6. The van der Waals surface area contributed by atoms with Gasteiger partial charge in [-0.1, -0.05) is 73.5 Å². The van der Waals surface area contributed by atoms with Crippen molar-refractivity contribution in [3.05, 3.63) is 83.4 Å². The van der Waals surface area contributed by atoms with Gasteiger partial charge in [0.05, 0.1) is 5.41 Å². The summed E-state index contributed by atoms with van der Waals surface area (Å²) in [5.41, 5.74) is -0.551. The monoisotopic (exact) mass is 641 g/mol. The molecule has 0 spiro atoms. The van der Waals surface area contributed by atoms with Crippen molar-refractivity contribution in [2.24, 2.45) is 10.8 Å². The van der Waals surface area contributed by atoms with Crippen LogP contribution in [0.15, 0.2) is 72.8 Å². The molecule has 1 aliphatic carbocycles. The van der Waals surface area contributed by atoms with E-state index in [2.05, 4.69) is 55.0 Å². The van der Waals surface area contributed by atoms with Gasteiger partial charge < -0.3 is 14.5 Å². The van der Waals surface area contributed by atoms with Crippen molar-refractivity contribution < 1.29 is 14.3 Å². The molecule has 1 unspecified atom stereocenters. The molecule has 2 amide bonds. The number of carbonyl (C=O) groups is 2. The number of benzene rings is 1. The molecule has 44 heavy (non-hydrogen) atoms. The Hall–Kier alpha value is -2.54. The highest BCUT2D eigenvalue weighted by molar-refractivity contribution is 6.31. The molecule has 1 aromatic carbocycles. The van der Waals surface area contributed by atoms with Gasteiger partial charge in [-0.15, -0.1) is 13.2 Å². The maximum absolute atomic E-state index is 14.9. The van der Waals surface area contributed by atoms with E-state index in [-0.39, 0.29) is 35.4 Å². The van der Waals surface area contributed by atoms with Crippen molar-refractivity contribution in [1.29, 1.82) is 0 Å². The number of ether oxygens (including phenoxy) is 1. The number of piperidine rings is 1. The molecule has 0 bridgehead atoms. The number of allylic oxidation sites excluding steroid dienone is 4. The maximum atomic E-state index is 14.9. The van der Waals surface area contributed by atoms with Crippen molar-refractivity contribution in [3.63, 3.8) is 0 Å². The van der Waals surface area contributed by atoms with E-state index in [1.165, 1.54) is 0 Å². The van der Waals surface area contributed by atoms with Gasteiger partial charge in [0.2, 0.25) is 5.91 Å². The zero-order valence-corrected chi connectivity index (χ0v) is 28.5. The van der Waals surface area contributed by atoms with Gasteiger partial charge in [0.25, 0.3) is 0 Å². The summed E-state index contributed by atoms with van der Waals surface area (Å²) in [7, 11) is 0. The van der Waals surface area contributed by atoms with Crippen LogP contribution in [-0.4, -0.2) is 77.1 Å². The van der Waals surface area contributed by atoms with Crippen LogP contribution in [0.25, 0.3) is 0 Å². The molecule has 2 heterocycles. The second kappa shape index (κ2) is 13.8. The zero-order chi connectivity index (χ0) is 32.3. The molecule has 0 saturated carbocycles. The Labute approximate surface area is 274 Å². The summed E-state index contributed by atoms with van der Waals surface area (Å²) in [6.07, 6.45) is 12.3. The molecular formula is C36H49Cl2N3O3. The van der Waals surface area contributed by atoms with E-state index >= 15 is 0 Å². The first-order chi connectivity index (χ1) is 20.8. The molecule has 1 aromatic rings. The van der Waals surface area contributed by atoms with Crippen molar-refractivity contribution >= 4 is 35.2 Å². The molecular weight excluding hydrogens is 593 g/mol. The van der Waals surface area contributed by atoms with Gasteiger partial charge in [0, 0.05) is 66.2 Å². The lowest BCUT2D eigenvalue weighted by Crippen LogP contribution is -2.65. The lowest BCUT2D eigenvalue weighted by molar-refractivity contribution is -0.157. The van der Waals surface area contributed by atoms with E-state index in [4.69, 9.17) is 27.9 Å². The highest BCUT2D eigenvalue weighted by Crippen LogP contribution is 2.54. The maximum Gasteiger partial charge on any atom is 0.410 e. The Kier molecular flexibility index (Phi) is 10.8. The van der Waals surface area contributed by atoms with Crippen LogP contribution in [0.4, 0.5) is 4.79 Å². The van der Waals surface area contributed by atoms with Crippen LogP contribution in [0.5, 0.6) is 0 Å². The number of likely N-dealkylation sites (tertiary alicyclic amines) is 1. The van der Waals surface area contributed by atoms with Gasteiger partial charge in [-0.2, -0.15) is 0 Å². The Balaban J connectivity index is 1.72. The summed E-state index contributed by atoms with van der Waals surface area (Å²) in [6, 6.07) is 7.87. The summed E-state index contributed by atoms with van der Waals surface area (Å²) in [4.78, 5) is 34.0. The smallest absolute Gasteiger partial charge is 0.410 e. The molecule has 3 aliphatic rings. The average Bonchev–Trinajstić information content (AvgIpc) is 2.98. The average molecular weight is 643 g/mol. The third kappa shape index (κ3) is 7.46. The normalized spacial score (nSPS) is 28.8. The number of piperazine rings is 1. The number of carbonyl (C=O) groups excluding carboxylic acids is 2. The van der Waals surface area contributed by atoms with Crippen molar-refractivity contribution in [2.45, 2.75) is 83.9 Å². The SMILES string of the molecule is C=CC[C@@]1(C=C)C[C@H](c2cccc(Cl)c2)[C@@H](C2(C)C=CC(Cl)=CC2)N([C@@H](CC)CN2CCN(C(=O)OC(C)(C)C)CC2)C1=O. The first-order valence-corrected chi connectivity index (χ1v) is 16.6. The van der Waals surface area contributed by atoms with Gasteiger partial charge in [-0.25, -0.2) is 4.79 Å². The fraction of sp³-hybridized carbons (Fsp3) is 0.556. The van der Waals surface area contributed by atoms with Crippen LogP contribution >= 0.6 is 23.2 Å². The second-order valence-corrected chi connectivity index (χ2v) is 14.7. The summed E-state index contributed by atoms with van der Waals surface area (Å²) >= 11 is 13.0. The molecule has 2 fully saturated rings. The molecule has 8 heteroatoms. The van der Waals surface area contributed by atoms with Gasteiger partial charge in [-0.05, 0) is 70.2 Å². The molecule has 0 N–H and O–H groups in total. The van der Waals surface area contributed by atoms with E-state index in [0.717, 1.165) is 36.5 Å². The molecule has 0 aromatic heterocycles. The quantitative estimate of drug-likeness (QED) is 0.255. The molecule has 0 radical (unpaired) electrons. The van der Waals surface area contributed by atoms with E-state index in [1.807, 2.05) is 57.2 Å². The fourth-order valence-electron chi connectivity index (χ4n) is 7.15. The Morgan fingerprint density at radius 3 is 2.43 bits per heavy atom. The van der Waals surface area contributed by atoms with E-state index < -0.39 is 11.0 Å². The minimum Gasteiger partial charge on any atom is -0.444 e. The van der Waals surface area contributed by atoms with Crippen LogP contribution < -0.4 is 0 Å². The summed E-state index contributed by atoms with van der Waals surface area (Å²) in [5, 5.41) is 1.40. The third-order valence-corrected chi connectivity index (χ3v) is 10.0. The predicted molar refractivity (Wildman–Crippen MR) is 181 cm³/mol. The van der Waals surface area contributed by atoms with Crippen LogP contribution in [0, 0.1) is 10.8 Å². The van der Waals surface area contributed by atoms with Crippen LogP contribution in [-0.2, 0) is 9.53 Å². The summed E-state index contributed by atoms with van der Waals surface area (Å²) < 4.78 is 5.61. The largest absolute Gasteiger partial charge is 0.444 e. The van der Waals surface area contributed by atoms with Crippen LogP contribution in [0.3, 0.4) is 0 Å². The van der Waals surface area contributed by atoms with Gasteiger partial charge in [-0.3, -0.25) is 9.69 Å². The van der Waals surface area contributed by atoms with Gasteiger partial charge in [0.15, 0.2) is 0 Å². The van der Waals surface area contributed by atoms with E-state index in [1.54, 1.807) is 4.90 Å². The number of nitrogens with zero attached hydrogens (tertiary/aromatic N) is 3. The van der Waals surface area contributed by atoms with Crippen LogP contribution in [0.1, 0.15) is 71.8 Å². The second-order valence-electron chi connectivity index (χ2n) is 13.8. The lowest BCUT2D eigenvalue weighted by atomic mass is 9.60. The Bertz CT molecular complexity index is 1300. The first-order valence-electron chi connectivity index (χ1n) is 15.8. The molecule has 2 aliphatic heterocycles. The molecule has 4 rings (SSSR count). The van der Waals surface area contributed by atoms with Crippen molar-refractivity contribution in [1.82, 2.24) is 14.7 Å². The predicted octanol–water partition coefficient (Wildman–Crippen LogP) is 8.19. The van der Waals surface area contributed by atoms with E-state index in [9.17, 15) is 9.59 Å². The number of amides is 2. The highest BCUT2D eigenvalue weighted by Gasteiger charge is 2.56. The number of rotatable bonds is 9. The van der Waals surface area contributed by atoms with E-state index in [0.29, 0.717) is 37.5 Å². The standard InChI is InChI=1S/C36H49Cl2N3O3/c1-8-16-36(10-3)24-30(26-12-11-13-28(38)23-26)31(35(7)17-14-27(37)15-18-35)41(32(36)42)29(9-2)25-39-19-21-40(22-20-39)33(43)44-34(4,5)6/h8,10-15,17,23,29-31H,1,3,9,16,18-22,24-25H2,2,4-7H3/t29-,30+,31-,35?,36-/m0/s1. The molecule has 2 saturated heterocycles. The van der Waals surface area contributed by atoms with Gasteiger partial charge >= 0.3 is 6.09 Å². The highest BCUT2D eigenvalue weighted by atomic mass is 35.5. The van der Waals surface area contributed by atoms with Crippen molar-refractivity contribution in [2.75, 3.05) is 32.7 Å². The number of hydrogen-bond donors (Lipinski definition) is 0. The lowest BCUT2D eigenvalue weighted by Gasteiger charge is -2.57.